The highest BCUT2D eigenvalue weighted by molar-refractivity contribution is 7.91. The average molecular weight is 469 g/mol. The molecule has 0 spiro atoms. The minimum absolute atomic E-state index is 0.169. The van der Waals surface area contributed by atoms with E-state index in [0.29, 0.717) is 13.1 Å². The summed E-state index contributed by atoms with van der Waals surface area (Å²) in [6.45, 7) is 4.72. The van der Waals surface area contributed by atoms with Crippen LogP contribution in [0.2, 0.25) is 0 Å². The van der Waals surface area contributed by atoms with Crippen molar-refractivity contribution in [2.75, 3.05) is 30.5 Å². The topological polar surface area (TPSA) is 68.4 Å². The summed E-state index contributed by atoms with van der Waals surface area (Å²) in [5, 5.41) is 1.03. The van der Waals surface area contributed by atoms with Gasteiger partial charge in [-0.1, -0.05) is 37.6 Å². The van der Waals surface area contributed by atoms with E-state index >= 15 is 0 Å². The van der Waals surface area contributed by atoms with E-state index in [1.54, 1.807) is 0 Å². The van der Waals surface area contributed by atoms with E-state index < -0.39 is 10.2 Å². The molecule has 2 aliphatic rings. The Morgan fingerprint density at radius 1 is 1.15 bits per heavy atom. The Hall–Kier alpha value is -2.68. The van der Waals surface area contributed by atoms with Gasteiger partial charge in [0.05, 0.1) is 11.7 Å². The summed E-state index contributed by atoms with van der Waals surface area (Å²) in [6, 6.07) is 12.5. The fourth-order valence-corrected chi connectivity index (χ4v) is 6.42. The highest BCUT2D eigenvalue weighted by Gasteiger charge is 2.34. The highest BCUT2D eigenvalue weighted by Crippen LogP contribution is 2.35. The van der Waals surface area contributed by atoms with Crippen molar-refractivity contribution in [3.05, 3.63) is 71.7 Å². The average Bonchev–Trinajstić information content (AvgIpc) is 3.22. The van der Waals surface area contributed by atoms with Crippen molar-refractivity contribution in [1.29, 1.82) is 0 Å². The van der Waals surface area contributed by atoms with Crippen molar-refractivity contribution in [2.24, 2.45) is 0 Å². The molecule has 0 saturated heterocycles. The summed E-state index contributed by atoms with van der Waals surface area (Å²) < 4.78 is 43.9. The van der Waals surface area contributed by atoms with E-state index in [0.717, 1.165) is 60.1 Å². The molecule has 0 aliphatic carbocycles. The molecule has 2 aliphatic heterocycles. The summed E-state index contributed by atoms with van der Waals surface area (Å²) in [6.07, 6.45) is 6.70. The van der Waals surface area contributed by atoms with Gasteiger partial charge in [0.15, 0.2) is 0 Å². The van der Waals surface area contributed by atoms with Gasteiger partial charge in [-0.2, -0.15) is 13.1 Å². The molecule has 2 aromatic carbocycles. The number of nitrogens with one attached hydrogen (secondary N) is 2. The van der Waals surface area contributed by atoms with Gasteiger partial charge < -0.3 is 4.98 Å². The molecule has 0 saturated carbocycles. The SMILES string of the molecule is CCCC1NS(=O)(=O)N(CCN2CC=C(c3c[nH]c4cc(F)ccc34)CC2)c2ccccc21. The van der Waals surface area contributed by atoms with Gasteiger partial charge in [-0.25, -0.2) is 4.39 Å². The number of para-hydroxylation sites is 1. The molecule has 3 aromatic rings. The van der Waals surface area contributed by atoms with E-state index in [4.69, 9.17) is 0 Å². The maximum Gasteiger partial charge on any atom is 0.302 e. The summed E-state index contributed by atoms with van der Waals surface area (Å²) >= 11 is 0. The van der Waals surface area contributed by atoms with Gasteiger partial charge in [0, 0.05) is 48.8 Å². The molecule has 8 heteroatoms. The maximum absolute atomic E-state index is 13.5. The van der Waals surface area contributed by atoms with Crippen LogP contribution in [0.3, 0.4) is 0 Å². The third-order valence-electron chi connectivity index (χ3n) is 6.64. The Bertz CT molecular complexity index is 1300. The Balaban J connectivity index is 1.29. The molecule has 33 heavy (non-hydrogen) atoms. The van der Waals surface area contributed by atoms with Gasteiger partial charge in [0.1, 0.15) is 5.82 Å². The second-order valence-corrected chi connectivity index (χ2v) is 10.4. The fourth-order valence-electron chi connectivity index (χ4n) is 4.94. The molecule has 6 nitrogen and oxygen atoms in total. The number of H-pyrrole nitrogens is 1. The van der Waals surface area contributed by atoms with Gasteiger partial charge in [0.25, 0.3) is 0 Å². The second-order valence-electron chi connectivity index (χ2n) is 8.77. The third kappa shape index (κ3) is 4.30. The van der Waals surface area contributed by atoms with Crippen LogP contribution in [0, 0.1) is 5.82 Å². The zero-order valence-corrected chi connectivity index (χ0v) is 19.5. The second kappa shape index (κ2) is 8.93. The number of anilines is 1. The molecule has 1 aromatic heterocycles. The first-order valence-electron chi connectivity index (χ1n) is 11.5. The predicted molar refractivity (Wildman–Crippen MR) is 131 cm³/mol. The van der Waals surface area contributed by atoms with Crippen molar-refractivity contribution in [1.82, 2.24) is 14.6 Å². The van der Waals surface area contributed by atoms with Crippen LogP contribution in [-0.2, 0) is 10.2 Å². The van der Waals surface area contributed by atoms with E-state index in [2.05, 4.69) is 27.6 Å². The van der Waals surface area contributed by atoms with E-state index in [1.165, 1.54) is 22.0 Å². The molecular formula is C25H29FN4O2S. The molecule has 174 valence electrons. The summed E-state index contributed by atoms with van der Waals surface area (Å²) in [7, 11) is -3.58. The smallest absolute Gasteiger partial charge is 0.302 e. The van der Waals surface area contributed by atoms with Crippen molar-refractivity contribution >= 4 is 32.4 Å². The minimum atomic E-state index is -3.58. The highest BCUT2D eigenvalue weighted by atomic mass is 32.2. The lowest BCUT2D eigenvalue weighted by Crippen LogP contribution is -2.49. The molecular weight excluding hydrogens is 439 g/mol. The van der Waals surface area contributed by atoms with Crippen LogP contribution in [0.4, 0.5) is 10.1 Å². The third-order valence-corrected chi connectivity index (χ3v) is 8.18. The maximum atomic E-state index is 13.5. The number of rotatable bonds is 6. The molecule has 0 bridgehead atoms. The number of nitrogens with zero attached hydrogens (tertiary/aromatic N) is 2. The Morgan fingerprint density at radius 3 is 2.79 bits per heavy atom. The van der Waals surface area contributed by atoms with Crippen molar-refractivity contribution < 1.29 is 12.8 Å². The standard InChI is InChI=1S/C25H29FN4O2S/c1-2-5-23-21-6-3-4-7-25(21)30(33(31,32)28-23)15-14-29-12-10-18(11-13-29)22-17-27-24-16-19(26)8-9-20(22)24/h3-4,6-10,16-17,23,27-28H,2,5,11-15H2,1H3. The molecule has 0 amide bonds. The van der Waals surface area contributed by atoms with Crippen LogP contribution in [0.5, 0.6) is 0 Å². The van der Waals surface area contributed by atoms with Gasteiger partial charge in [-0.05, 0) is 48.2 Å². The van der Waals surface area contributed by atoms with Crippen LogP contribution >= 0.6 is 0 Å². The van der Waals surface area contributed by atoms with Crippen LogP contribution in [0.25, 0.3) is 16.5 Å². The number of aromatic amines is 1. The molecule has 5 rings (SSSR count). The van der Waals surface area contributed by atoms with E-state index in [1.807, 2.05) is 36.5 Å². The van der Waals surface area contributed by atoms with E-state index in [9.17, 15) is 12.8 Å². The van der Waals surface area contributed by atoms with Crippen LogP contribution in [-0.4, -0.2) is 44.5 Å². The van der Waals surface area contributed by atoms with Gasteiger partial charge in [-0.3, -0.25) is 9.21 Å². The van der Waals surface area contributed by atoms with Crippen LogP contribution in [0.1, 0.15) is 43.4 Å². The largest absolute Gasteiger partial charge is 0.360 e. The molecule has 0 radical (unpaired) electrons. The first kappa shape index (κ1) is 22.1. The van der Waals surface area contributed by atoms with Crippen LogP contribution < -0.4 is 9.03 Å². The monoisotopic (exact) mass is 468 g/mol. The number of benzene rings is 2. The van der Waals surface area contributed by atoms with Gasteiger partial charge in [0.2, 0.25) is 0 Å². The Kier molecular flexibility index (Phi) is 5.99. The minimum Gasteiger partial charge on any atom is -0.360 e. The Labute approximate surface area is 194 Å². The van der Waals surface area contributed by atoms with Crippen LogP contribution in [0.15, 0.2) is 54.7 Å². The first-order valence-corrected chi connectivity index (χ1v) is 13.0. The lowest BCUT2D eigenvalue weighted by molar-refractivity contribution is 0.310. The number of hydrogen-bond donors (Lipinski definition) is 2. The van der Waals surface area contributed by atoms with Gasteiger partial charge in [-0.15, -0.1) is 0 Å². The summed E-state index contributed by atoms with van der Waals surface area (Å²) in [5.74, 6) is -0.246. The number of aromatic nitrogens is 1. The van der Waals surface area contributed by atoms with Gasteiger partial charge >= 0.3 is 10.2 Å². The number of fused-ring (bicyclic) bond motifs is 2. The predicted octanol–water partition coefficient (Wildman–Crippen LogP) is 4.59. The van der Waals surface area contributed by atoms with Crippen molar-refractivity contribution in [2.45, 2.75) is 32.2 Å². The zero-order valence-electron chi connectivity index (χ0n) is 18.7. The summed E-state index contributed by atoms with van der Waals surface area (Å²) in [4.78, 5) is 5.43. The van der Waals surface area contributed by atoms with E-state index in [-0.39, 0.29) is 11.9 Å². The molecule has 3 heterocycles. The van der Waals surface area contributed by atoms with Crippen molar-refractivity contribution in [3.63, 3.8) is 0 Å². The first-order chi connectivity index (χ1) is 16.0. The number of halogens is 1. The molecule has 1 unspecified atom stereocenters. The normalized spacial score (nSPS) is 20.6. The number of hydrogen-bond acceptors (Lipinski definition) is 3. The Morgan fingerprint density at radius 2 is 2.00 bits per heavy atom. The lowest BCUT2D eigenvalue weighted by Gasteiger charge is -2.37. The molecule has 1 atom stereocenters. The fraction of sp³-hybridized carbons (Fsp3) is 0.360. The quantitative estimate of drug-likeness (QED) is 0.556. The zero-order chi connectivity index (χ0) is 23.0. The molecule has 2 N–H and O–H groups in total. The lowest BCUT2D eigenvalue weighted by atomic mass is 9.99. The molecule has 0 fully saturated rings. The van der Waals surface area contributed by atoms with Crippen molar-refractivity contribution in [3.8, 4) is 0 Å². The summed E-state index contributed by atoms with van der Waals surface area (Å²) in [5.41, 5.74) is 4.99.